The first kappa shape index (κ1) is 20.6. The van der Waals surface area contributed by atoms with Gasteiger partial charge in [-0.1, -0.05) is 45.2 Å². The van der Waals surface area contributed by atoms with E-state index in [-0.39, 0.29) is 0 Å². The van der Waals surface area contributed by atoms with Gasteiger partial charge in [0.05, 0.1) is 0 Å². The van der Waals surface area contributed by atoms with Gasteiger partial charge in [-0.15, -0.1) is 0 Å². The fraction of sp³-hybridized carbons (Fsp3) is 0.520. The van der Waals surface area contributed by atoms with Gasteiger partial charge in [-0.05, 0) is 73.9 Å². The first-order valence-corrected chi connectivity index (χ1v) is 12.6. The number of hydrogen-bond acceptors (Lipinski definition) is 3. The Morgan fingerprint density at radius 2 is 1.28 bits per heavy atom. The van der Waals surface area contributed by atoms with E-state index in [0.717, 1.165) is 37.1 Å². The van der Waals surface area contributed by atoms with Gasteiger partial charge < -0.3 is 8.39 Å². The second-order valence-corrected chi connectivity index (χ2v) is 9.71. The quantitative estimate of drug-likeness (QED) is 0.393. The van der Waals surface area contributed by atoms with Crippen molar-refractivity contribution in [2.24, 2.45) is 0 Å². The van der Waals surface area contributed by atoms with E-state index in [1.807, 2.05) is 0 Å². The van der Waals surface area contributed by atoms with E-state index in [9.17, 15) is 0 Å². The molecule has 1 fully saturated rings. The summed E-state index contributed by atoms with van der Waals surface area (Å²) in [7, 11) is -1.10. The summed E-state index contributed by atoms with van der Waals surface area (Å²) >= 11 is 0. The van der Waals surface area contributed by atoms with Crippen LogP contribution < -0.4 is 4.67 Å². The van der Waals surface area contributed by atoms with Gasteiger partial charge in [0.25, 0.3) is 0 Å². The molecule has 2 aromatic carbocycles. The monoisotopic (exact) mass is 411 g/mol. The first-order valence-electron chi connectivity index (χ1n) is 11.5. The molecule has 0 N–H and O–H groups in total. The minimum Gasteiger partial charge on any atom is -0.408 e. The van der Waals surface area contributed by atoms with Crippen molar-refractivity contribution in [3.8, 4) is 0 Å². The summed E-state index contributed by atoms with van der Waals surface area (Å²) < 4.78 is 15.5. The number of hydrogen-bond donors (Lipinski definition) is 0. The van der Waals surface area contributed by atoms with Crippen LogP contribution in [0.5, 0.6) is 0 Å². The minimum absolute atomic E-state index is 0.980. The number of piperidine rings is 1. The molecule has 4 rings (SSSR count). The van der Waals surface area contributed by atoms with Crippen molar-refractivity contribution in [1.29, 1.82) is 0 Å². The maximum atomic E-state index is 6.53. The molecule has 156 valence electrons. The molecule has 0 atom stereocenters. The predicted octanol–water partition coefficient (Wildman–Crippen LogP) is 8.10. The van der Waals surface area contributed by atoms with Crippen LogP contribution in [0.3, 0.4) is 0 Å². The molecule has 4 heteroatoms. The lowest BCUT2D eigenvalue weighted by Gasteiger charge is -2.22. The second-order valence-electron chi connectivity index (χ2n) is 8.30. The van der Waals surface area contributed by atoms with E-state index in [1.165, 1.54) is 66.8 Å². The molecule has 3 nitrogen and oxygen atoms in total. The smallest absolute Gasteiger partial charge is 0.309 e. The molecule has 0 unspecified atom stereocenters. The van der Waals surface area contributed by atoms with Gasteiger partial charge in [0.1, 0.15) is 11.2 Å². The lowest BCUT2D eigenvalue weighted by molar-refractivity contribution is 0.560. The summed E-state index contributed by atoms with van der Waals surface area (Å²) in [5.41, 5.74) is 4.74. The van der Waals surface area contributed by atoms with Gasteiger partial charge in [-0.2, -0.15) is 0 Å². The van der Waals surface area contributed by atoms with Gasteiger partial charge in [0, 0.05) is 23.9 Å². The van der Waals surface area contributed by atoms with Crippen LogP contribution in [0.4, 0.5) is 0 Å². The van der Waals surface area contributed by atoms with Crippen LogP contribution >= 0.6 is 8.16 Å². The summed E-state index contributed by atoms with van der Waals surface area (Å²) in [5, 5.41) is 2.41. The normalized spacial score (nSPS) is 15.2. The highest BCUT2D eigenvalue weighted by atomic mass is 31.1. The fourth-order valence-corrected chi connectivity index (χ4v) is 5.68. The average molecular weight is 412 g/mol. The molecule has 1 aliphatic rings. The number of fused-ring (bicyclic) bond motifs is 3. The van der Waals surface area contributed by atoms with E-state index in [0.29, 0.717) is 0 Å². The fourth-order valence-electron chi connectivity index (χ4n) is 4.15. The average Bonchev–Trinajstić information content (AvgIpc) is 2.93. The van der Waals surface area contributed by atoms with E-state index in [1.54, 1.807) is 0 Å². The van der Waals surface area contributed by atoms with Crippen molar-refractivity contribution in [2.75, 3.05) is 17.8 Å². The zero-order valence-corrected chi connectivity index (χ0v) is 18.8. The molecule has 0 bridgehead atoms. The zero-order valence-electron chi connectivity index (χ0n) is 18.0. The van der Waals surface area contributed by atoms with Crippen LogP contribution in [-0.4, -0.2) is 13.1 Å². The van der Waals surface area contributed by atoms with Crippen LogP contribution in [0.2, 0.25) is 0 Å². The van der Waals surface area contributed by atoms with E-state index in [2.05, 4.69) is 54.9 Å². The molecule has 1 aliphatic heterocycles. The zero-order chi connectivity index (χ0) is 20.1. The maximum Gasteiger partial charge on any atom is 0.309 e. The van der Waals surface area contributed by atoms with E-state index < -0.39 is 8.16 Å². The molecule has 0 amide bonds. The van der Waals surface area contributed by atoms with Crippen LogP contribution in [0.1, 0.15) is 69.9 Å². The lowest BCUT2D eigenvalue weighted by atomic mass is 10.0. The SMILES string of the molecule is CCCCc1ccc2op(N3CCCCC3)oc3ccc(CCCC)cc3c2c1. The Balaban J connectivity index is 1.89. The molecule has 0 aliphatic carbocycles. The number of aryl methyl sites for hydroxylation is 2. The highest BCUT2D eigenvalue weighted by Gasteiger charge is 2.18. The van der Waals surface area contributed by atoms with Crippen LogP contribution in [0.25, 0.3) is 21.9 Å². The van der Waals surface area contributed by atoms with Crippen molar-refractivity contribution in [3.63, 3.8) is 0 Å². The molecule has 1 aromatic heterocycles. The Bertz CT molecular complexity index is 918. The predicted molar refractivity (Wildman–Crippen MR) is 125 cm³/mol. The molecule has 3 aromatic rings. The number of unbranched alkanes of at least 4 members (excludes halogenated alkanes) is 2. The van der Waals surface area contributed by atoms with E-state index >= 15 is 0 Å². The van der Waals surface area contributed by atoms with Crippen molar-refractivity contribution in [2.45, 2.75) is 71.6 Å². The molecule has 1 saturated heterocycles. The summed E-state index contributed by atoms with van der Waals surface area (Å²) in [4.78, 5) is 0. The highest BCUT2D eigenvalue weighted by molar-refractivity contribution is 7.38. The van der Waals surface area contributed by atoms with Gasteiger partial charge in [0.2, 0.25) is 0 Å². The van der Waals surface area contributed by atoms with Crippen LogP contribution in [0.15, 0.2) is 44.8 Å². The lowest BCUT2D eigenvalue weighted by Crippen LogP contribution is -2.26. The molecule has 2 heterocycles. The molecule has 29 heavy (non-hydrogen) atoms. The summed E-state index contributed by atoms with van der Waals surface area (Å²) in [6.07, 6.45) is 10.9. The Kier molecular flexibility index (Phi) is 7.00. The molecular formula is C25H34NO2P. The number of nitrogens with zero attached hydrogens (tertiary/aromatic N) is 1. The molecule has 0 saturated carbocycles. The van der Waals surface area contributed by atoms with Crippen molar-refractivity contribution in [1.82, 2.24) is 0 Å². The summed E-state index contributed by atoms with van der Waals surface area (Å²) in [6.45, 7) is 6.64. The maximum absolute atomic E-state index is 6.53. The van der Waals surface area contributed by atoms with Crippen molar-refractivity contribution in [3.05, 3.63) is 47.5 Å². The second kappa shape index (κ2) is 9.87. The third-order valence-electron chi connectivity index (χ3n) is 5.93. The summed E-state index contributed by atoms with van der Waals surface area (Å²) in [5.74, 6) is 0. The van der Waals surface area contributed by atoms with Gasteiger partial charge >= 0.3 is 8.16 Å². The van der Waals surface area contributed by atoms with Crippen LogP contribution in [-0.2, 0) is 12.8 Å². The van der Waals surface area contributed by atoms with E-state index in [4.69, 9.17) is 8.39 Å². The first-order chi connectivity index (χ1) is 14.3. The largest absolute Gasteiger partial charge is 0.408 e. The molecule has 0 spiro atoms. The third kappa shape index (κ3) is 4.90. The minimum atomic E-state index is -1.10. The van der Waals surface area contributed by atoms with Crippen molar-refractivity contribution >= 4 is 30.1 Å². The number of rotatable bonds is 7. The Hall–Kier alpha value is -1.70. The van der Waals surface area contributed by atoms with Gasteiger partial charge in [-0.3, -0.25) is 0 Å². The topological polar surface area (TPSA) is 29.5 Å². The molecule has 0 radical (unpaired) electrons. The Morgan fingerprint density at radius 3 is 1.76 bits per heavy atom. The van der Waals surface area contributed by atoms with Crippen molar-refractivity contribution < 1.29 is 8.39 Å². The van der Waals surface area contributed by atoms with Gasteiger partial charge in [0.15, 0.2) is 0 Å². The Labute approximate surface area is 175 Å². The third-order valence-corrected chi connectivity index (χ3v) is 7.50. The highest BCUT2D eigenvalue weighted by Crippen LogP contribution is 2.38. The molecular weight excluding hydrogens is 377 g/mol. The summed E-state index contributed by atoms with van der Waals surface area (Å²) in [6, 6.07) is 13.5. The van der Waals surface area contributed by atoms with Crippen LogP contribution in [0, 0.1) is 0 Å². The number of benzene rings is 2. The van der Waals surface area contributed by atoms with Gasteiger partial charge in [-0.25, -0.2) is 4.67 Å². The standard InChI is InChI=1S/C25H34NO2P/c1-3-5-10-20-12-14-24-22(18-20)23-19-21(11-6-4-2)13-15-25(23)28-29(27-24)26-16-8-7-9-17-26/h12-15,18-19H,3-11,16-17H2,1-2H3. The Morgan fingerprint density at radius 1 is 0.759 bits per heavy atom.